The summed E-state index contributed by atoms with van der Waals surface area (Å²) in [5.41, 5.74) is 0.0223. The molecule has 2 saturated carbocycles. The predicted octanol–water partition coefficient (Wildman–Crippen LogP) is 1.94. The van der Waals surface area contributed by atoms with Gasteiger partial charge in [-0.15, -0.1) is 5.10 Å². The van der Waals surface area contributed by atoms with E-state index in [9.17, 15) is 4.79 Å². The van der Waals surface area contributed by atoms with Crippen molar-refractivity contribution in [2.24, 2.45) is 0 Å². The molecule has 1 atom stereocenters. The van der Waals surface area contributed by atoms with E-state index in [0.29, 0.717) is 6.04 Å². The van der Waals surface area contributed by atoms with Crippen LogP contribution in [0.25, 0.3) is 0 Å². The van der Waals surface area contributed by atoms with E-state index in [-0.39, 0.29) is 17.5 Å². The van der Waals surface area contributed by atoms with Crippen LogP contribution in [0, 0.1) is 0 Å². The van der Waals surface area contributed by atoms with Gasteiger partial charge in [-0.25, -0.2) is 4.68 Å². The lowest BCUT2D eigenvalue weighted by atomic mass is 9.78. The van der Waals surface area contributed by atoms with Gasteiger partial charge < -0.3 is 4.90 Å². The van der Waals surface area contributed by atoms with Crippen molar-refractivity contribution in [3.05, 3.63) is 5.82 Å². The maximum absolute atomic E-state index is 12.2. The van der Waals surface area contributed by atoms with Gasteiger partial charge in [-0.05, 0) is 43.0 Å². The summed E-state index contributed by atoms with van der Waals surface area (Å²) in [6, 6.07) is 0.702. The summed E-state index contributed by atoms with van der Waals surface area (Å²) in [7, 11) is 0. The molecule has 0 unspecified atom stereocenters. The first-order chi connectivity index (χ1) is 11.6. The second-order valence-electron chi connectivity index (χ2n) is 7.81. The minimum atomic E-state index is 0.0223. The van der Waals surface area contributed by atoms with Crippen LogP contribution >= 0.6 is 0 Å². The van der Waals surface area contributed by atoms with Gasteiger partial charge in [0.15, 0.2) is 5.82 Å². The standard InChI is InChI=1S/C17H28N6O/c1-13(16-18-19-20-23(16)15-6-7-15)21-10-11-22(14(2)24)17(12-21)8-4-3-5-9-17/h13,15H,3-12H2,1-2H3/t13-/m0/s1. The summed E-state index contributed by atoms with van der Waals surface area (Å²) < 4.78 is 2.02. The fourth-order valence-electron chi connectivity index (χ4n) is 4.69. The third kappa shape index (κ3) is 2.72. The van der Waals surface area contributed by atoms with Crippen molar-refractivity contribution in [3.63, 3.8) is 0 Å². The van der Waals surface area contributed by atoms with Crippen molar-refractivity contribution < 1.29 is 4.79 Å². The van der Waals surface area contributed by atoms with Crippen molar-refractivity contribution in [1.82, 2.24) is 30.0 Å². The van der Waals surface area contributed by atoms with E-state index in [0.717, 1.165) is 38.3 Å². The molecule has 0 radical (unpaired) electrons. The number of nitrogens with zero attached hydrogens (tertiary/aromatic N) is 6. The molecular formula is C17H28N6O. The summed E-state index contributed by atoms with van der Waals surface area (Å²) in [5, 5.41) is 12.4. The Morgan fingerprint density at radius 2 is 1.96 bits per heavy atom. The molecule has 7 heteroatoms. The molecule has 1 amide bonds. The van der Waals surface area contributed by atoms with E-state index in [4.69, 9.17) is 0 Å². The largest absolute Gasteiger partial charge is 0.335 e. The first kappa shape index (κ1) is 16.0. The van der Waals surface area contributed by atoms with Gasteiger partial charge in [0, 0.05) is 26.6 Å². The van der Waals surface area contributed by atoms with Gasteiger partial charge in [0.05, 0.1) is 17.6 Å². The molecule has 132 valence electrons. The minimum Gasteiger partial charge on any atom is -0.335 e. The number of hydrogen-bond donors (Lipinski definition) is 0. The number of carbonyl (C=O) groups excluding carboxylic acids is 1. The zero-order chi connectivity index (χ0) is 16.7. The number of amides is 1. The van der Waals surface area contributed by atoms with Crippen molar-refractivity contribution in [2.45, 2.75) is 76.4 Å². The number of rotatable bonds is 3. The first-order valence-corrected chi connectivity index (χ1v) is 9.41. The lowest BCUT2D eigenvalue weighted by molar-refractivity contribution is -0.143. The van der Waals surface area contributed by atoms with E-state index >= 15 is 0 Å². The summed E-state index contributed by atoms with van der Waals surface area (Å²) in [5.74, 6) is 1.21. The maximum atomic E-state index is 12.2. The van der Waals surface area contributed by atoms with Gasteiger partial charge >= 0.3 is 0 Å². The van der Waals surface area contributed by atoms with Crippen LogP contribution in [0.5, 0.6) is 0 Å². The lowest BCUT2D eigenvalue weighted by Gasteiger charge is -2.53. The number of hydrogen-bond acceptors (Lipinski definition) is 5. The Balaban J connectivity index is 1.56. The summed E-state index contributed by atoms with van der Waals surface area (Å²) in [4.78, 5) is 16.8. The predicted molar refractivity (Wildman–Crippen MR) is 89.3 cm³/mol. The Hall–Kier alpha value is -1.50. The second kappa shape index (κ2) is 6.10. The Labute approximate surface area is 143 Å². The van der Waals surface area contributed by atoms with E-state index in [1.165, 1.54) is 32.1 Å². The zero-order valence-electron chi connectivity index (χ0n) is 14.8. The van der Waals surface area contributed by atoms with E-state index in [1.54, 1.807) is 6.92 Å². The van der Waals surface area contributed by atoms with Gasteiger partial charge in [-0.3, -0.25) is 9.69 Å². The second-order valence-corrected chi connectivity index (χ2v) is 7.81. The highest BCUT2D eigenvalue weighted by atomic mass is 16.2. The topological polar surface area (TPSA) is 67.2 Å². The van der Waals surface area contributed by atoms with Crippen LogP contribution < -0.4 is 0 Å². The molecule has 7 nitrogen and oxygen atoms in total. The SMILES string of the molecule is CC(=O)N1CCN([C@@H](C)c2nnnn2C2CC2)CC12CCCCC2. The van der Waals surface area contributed by atoms with E-state index in [2.05, 4.69) is 32.2 Å². The number of aromatic nitrogens is 4. The Morgan fingerprint density at radius 3 is 2.62 bits per heavy atom. The van der Waals surface area contributed by atoms with Crippen LogP contribution in [0.2, 0.25) is 0 Å². The smallest absolute Gasteiger partial charge is 0.219 e. The van der Waals surface area contributed by atoms with Crippen molar-refractivity contribution in [2.75, 3.05) is 19.6 Å². The fraction of sp³-hybridized carbons (Fsp3) is 0.882. The Kier molecular flexibility index (Phi) is 4.06. The zero-order valence-corrected chi connectivity index (χ0v) is 14.8. The molecule has 3 fully saturated rings. The van der Waals surface area contributed by atoms with Crippen LogP contribution in [0.3, 0.4) is 0 Å². The molecule has 1 saturated heterocycles. The molecule has 4 rings (SSSR count). The monoisotopic (exact) mass is 332 g/mol. The van der Waals surface area contributed by atoms with Crippen molar-refractivity contribution >= 4 is 5.91 Å². The molecule has 1 aromatic rings. The molecule has 2 heterocycles. The maximum Gasteiger partial charge on any atom is 0.219 e. The van der Waals surface area contributed by atoms with Crippen LogP contribution in [0.15, 0.2) is 0 Å². The third-order valence-electron chi connectivity index (χ3n) is 6.18. The van der Waals surface area contributed by atoms with Gasteiger partial charge in [0.25, 0.3) is 0 Å². The van der Waals surface area contributed by atoms with Gasteiger partial charge in [-0.1, -0.05) is 19.3 Å². The summed E-state index contributed by atoms with van der Waals surface area (Å²) >= 11 is 0. The highest BCUT2D eigenvalue weighted by molar-refractivity contribution is 5.74. The number of piperazine rings is 1. The van der Waals surface area contributed by atoms with Gasteiger partial charge in [0.2, 0.25) is 5.91 Å². The van der Waals surface area contributed by atoms with Gasteiger partial charge in [0.1, 0.15) is 0 Å². The molecule has 0 aromatic carbocycles. The summed E-state index contributed by atoms with van der Waals surface area (Å²) in [6.45, 7) is 6.61. The number of tetrazole rings is 1. The van der Waals surface area contributed by atoms with Crippen LogP contribution in [-0.2, 0) is 4.79 Å². The highest BCUT2D eigenvalue weighted by Crippen LogP contribution is 2.40. The molecule has 24 heavy (non-hydrogen) atoms. The molecular weight excluding hydrogens is 304 g/mol. The quantitative estimate of drug-likeness (QED) is 0.846. The average molecular weight is 332 g/mol. The molecule has 2 aliphatic carbocycles. The van der Waals surface area contributed by atoms with Crippen molar-refractivity contribution in [3.8, 4) is 0 Å². The average Bonchev–Trinajstić information content (AvgIpc) is 3.31. The third-order valence-corrected chi connectivity index (χ3v) is 6.18. The van der Waals surface area contributed by atoms with Crippen LogP contribution in [0.4, 0.5) is 0 Å². The molecule has 1 aliphatic heterocycles. The summed E-state index contributed by atoms with van der Waals surface area (Å²) in [6.07, 6.45) is 8.38. The molecule has 0 bridgehead atoms. The van der Waals surface area contributed by atoms with Crippen molar-refractivity contribution in [1.29, 1.82) is 0 Å². The number of carbonyl (C=O) groups is 1. The van der Waals surface area contributed by atoms with E-state index < -0.39 is 0 Å². The Bertz CT molecular complexity index is 604. The fourth-order valence-corrected chi connectivity index (χ4v) is 4.69. The molecule has 1 aromatic heterocycles. The molecule has 1 spiro atoms. The lowest BCUT2D eigenvalue weighted by Crippen LogP contribution is -2.64. The molecule has 3 aliphatic rings. The van der Waals surface area contributed by atoms with E-state index in [1.807, 2.05) is 4.68 Å². The van der Waals surface area contributed by atoms with Crippen LogP contribution in [0.1, 0.15) is 76.7 Å². The highest BCUT2D eigenvalue weighted by Gasteiger charge is 2.45. The first-order valence-electron chi connectivity index (χ1n) is 9.41. The molecule has 0 N–H and O–H groups in total. The minimum absolute atomic E-state index is 0.0223. The van der Waals surface area contributed by atoms with Crippen LogP contribution in [-0.4, -0.2) is 61.1 Å². The normalized spacial score (nSPS) is 25.8. The Morgan fingerprint density at radius 1 is 1.21 bits per heavy atom. The van der Waals surface area contributed by atoms with Gasteiger partial charge in [-0.2, -0.15) is 0 Å².